The highest BCUT2D eigenvalue weighted by Gasteiger charge is 2.23. The van der Waals surface area contributed by atoms with Gasteiger partial charge in [-0.2, -0.15) is 0 Å². The van der Waals surface area contributed by atoms with Crippen LogP contribution in [0.5, 0.6) is 5.75 Å². The summed E-state index contributed by atoms with van der Waals surface area (Å²) in [6.07, 6.45) is 7.50. The Labute approximate surface area is 113 Å². The molecule has 3 rings (SSSR count). The summed E-state index contributed by atoms with van der Waals surface area (Å²) in [6, 6.07) is 8.16. The Balaban J connectivity index is 1.66. The lowest BCUT2D eigenvalue weighted by molar-refractivity contribution is 0.475. The smallest absolute Gasteiger partial charge is 0.196 e. The van der Waals surface area contributed by atoms with E-state index in [1.807, 2.05) is 12.1 Å². The monoisotopic (exact) mass is 259 g/mol. The Hall–Kier alpha value is -1.71. The molecule has 0 saturated heterocycles. The minimum absolute atomic E-state index is 0.287. The second-order valence-electron chi connectivity index (χ2n) is 5.51. The van der Waals surface area contributed by atoms with Gasteiger partial charge < -0.3 is 15.7 Å². The van der Waals surface area contributed by atoms with Crippen molar-refractivity contribution in [1.82, 2.24) is 5.32 Å². The van der Waals surface area contributed by atoms with Gasteiger partial charge in [-0.25, -0.2) is 4.99 Å². The first kappa shape index (κ1) is 12.3. The summed E-state index contributed by atoms with van der Waals surface area (Å²) in [5.74, 6) is 1.18. The number of hydrogen-bond donors (Lipinski definition) is 3. The van der Waals surface area contributed by atoms with E-state index in [1.54, 1.807) is 12.1 Å². The summed E-state index contributed by atoms with van der Waals surface area (Å²) in [7, 11) is 0. The number of aliphatic imine (C=N–C) groups is 1. The van der Waals surface area contributed by atoms with Gasteiger partial charge in [0.1, 0.15) is 5.75 Å². The van der Waals surface area contributed by atoms with Gasteiger partial charge >= 0.3 is 0 Å². The van der Waals surface area contributed by atoms with Crippen LogP contribution < -0.4 is 10.6 Å². The molecule has 0 bridgehead atoms. The normalized spacial score (nSPS) is 20.5. The Morgan fingerprint density at radius 1 is 1.05 bits per heavy atom. The van der Waals surface area contributed by atoms with Crippen molar-refractivity contribution in [2.24, 2.45) is 4.99 Å². The van der Waals surface area contributed by atoms with Crippen molar-refractivity contribution < 1.29 is 5.11 Å². The molecule has 2 aliphatic rings. The molecular weight excluding hydrogens is 238 g/mol. The maximum Gasteiger partial charge on any atom is 0.196 e. The fraction of sp³-hybridized carbons (Fsp3) is 0.533. The number of nitrogens with one attached hydrogen (secondary N) is 2. The molecule has 4 nitrogen and oxygen atoms in total. The van der Waals surface area contributed by atoms with E-state index in [0.717, 1.165) is 11.6 Å². The second-order valence-corrected chi connectivity index (χ2v) is 5.51. The summed E-state index contributed by atoms with van der Waals surface area (Å²) < 4.78 is 0. The van der Waals surface area contributed by atoms with Gasteiger partial charge in [0, 0.05) is 11.7 Å². The van der Waals surface area contributed by atoms with Crippen molar-refractivity contribution in [2.45, 2.75) is 50.6 Å². The number of phenolic OH excluding ortho intramolecular Hbond substituents is 1. The van der Waals surface area contributed by atoms with Crippen LogP contribution in [0.1, 0.15) is 38.5 Å². The van der Waals surface area contributed by atoms with Gasteiger partial charge in [0.15, 0.2) is 5.96 Å². The largest absolute Gasteiger partial charge is 0.508 e. The van der Waals surface area contributed by atoms with Crippen molar-refractivity contribution in [3.8, 4) is 5.75 Å². The fourth-order valence-electron chi connectivity index (χ4n) is 2.44. The molecule has 2 saturated carbocycles. The molecule has 3 N–H and O–H groups in total. The first-order valence-electron chi connectivity index (χ1n) is 7.20. The molecule has 1 aromatic rings. The summed E-state index contributed by atoms with van der Waals surface area (Å²) in [6.45, 7) is 0. The Morgan fingerprint density at radius 2 is 1.74 bits per heavy atom. The van der Waals surface area contributed by atoms with E-state index in [0.29, 0.717) is 12.1 Å². The van der Waals surface area contributed by atoms with Crippen LogP contribution in [0.3, 0.4) is 0 Å². The third kappa shape index (κ3) is 3.63. The lowest BCUT2D eigenvalue weighted by Gasteiger charge is -2.17. The van der Waals surface area contributed by atoms with E-state index in [4.69, 9.17) is 4.99 Å². The molecule has 0 atom stereocenters. The van der Waals surface area contributed by atoms with Gasteiger partial charge in [-0.15, -0.1) is 0 Å². The van der Waals surface area contributed by atoms with Crippen LogP contribution in [-0.4, -0.2) is 23.1 Å². The molecule has 1 aromatic carbocycles. The van der Waals surface area contributed by atoms with E-state index in [9.17, 15) is 5.11 Å². The Morgan fingerprint density at radius 3 is 2.37 bits per heavy atom. The number of guanidine groups is 1. The highest BCUT2D eigenvalue weighted by atomic mass is 16.3. The molecule has 19 heavy (non-hydrogen) atoms. The van der Waals surface area contributed by atoms with Crippen LogP contribution in [0.2, 0.25) is 0 Å². The SMILES string of the molecule is Oc1ccc(NC(=NC2CC2)NC2CCCC2)cc1. The van der Waals surface area contributed by atoms with Crippen LogP contribution in [0.25, 0.3) is 0 Å². The number of nitrogens with zero attached hydrogens (tertiary/aromatic N) is 1. The molecule has 4 heteroatoms. The van der Waals surface area contributed by atoms with Gasteiger partial charge in [0.2, 0.25) is 0 Å². The molecule has 102 valence electrons. The van der Waals surface area contributed by atoms with Gasteiger partial charge in [-0.05, 0) is 49.9 Å². The fourth-order valence-corrected chi connectivity index (χ4v) is 2.44. The summed E-state index contributed by atoms with van der Waals surface area (Å²) in [5.41, 5.74) is 0.961. The zero-order valence-corrected chi connectivity index (χ0v) is 11.1. The first-order valence-corrected chi connectivity index (χ1v) is 7.20. The molecule has 0 amide bonds. The average molecular weight is 259 g/mol. The first-order chi connectivity index (χ1) is 9.29. The topological polar surface area (TPSA) is 56.6 Å². The van der Waals surface area contributed by atoms with Crippen molar-refractivity contribution >= 4 is 11.6 Å². The predicted octanol–water partition coefficient (Wildman–Crippen LogP) is 2.85. The maximum absolute atomic E-state index is 9.30. The average Bonchev–Trinajstić information content (AvgIpc) is 3.06. The van der Waals surface area contributed by atoms with Gasteiger partial charge in [-0.1, -0.05) is 12.8 Å². The second kappa shape index (κ2) is 5.51. The quantitative estimate of drug-likeness (QED) is 0.444. The van der Waals surface area contributed by atoms with Crippen LogP contribution >= 0.6 is 0 Å². The minimum atomic E-state index is 0.287. The molecule has 0 aliphatic heterocycles. The number of hydrogen-bond acceptors (Lipinski definition) is 2. The van der Waals surface area contributed by atoms with E-state index >= 15 is 0 Å². The molecule has 2 fully saturated rings. The van der Waals surface area contributed by atoms with Crippen LogP contribution in [0.4, 0.5) is 5.69 Å². The highest BCUT2D eigenvalue weighted by molar-refractivity contribution is 5.94. The number of anilines is 1. The van der Waals surface area contributed by atoms with Crippen LogP contribution in [-0.2, 0) is 0 Å². The number of aromatic hydroxyl groups is 1. The molecule has 0 radical (unpaired) electrons. The standard InChI is InChI=1S/C15H21N3O/c19-14-9-7-13(8-10-14)18-15(17-12-5-6-12)16-11-3-1-2-4-11/h7-12,19H,1-6H2,(H2,16,17,18). The van der Waals surface area contributed by atoms with Gasteiger partial charge in [0.05, 0.1) is 6.04 Å². The van der Waals surface area contributed by atoms with Crippen LogP contribution in [0, 0.1) is 0 Å². The Bertz CT molecular complexity index is 445. The van der Waals surface area contributed by atoms with E-state index in [2.05, 4.69) is 10.6 Å². The number of rotatable bonds is 3. The van der Waals surface area contributed by atoms with E-state index < -0.39 is 0 Å². The number of phenols is 1. The van der Waals surface area contributed by atoms with Crippen molar-refractivity contribution in [3.63, 3.8) is 0 Å². The summed E-state index contributed by atoms with van der Waals surface area (Å²) in [5, 5.41) is 16.2. The highest BCUT2D eigenvalue weighted by Crippen LogP contribution is 2.24. The number of benzene rings is 1. The summed E-state index contributed by atoms with van der Waals surface area (Å²) >= 11 is 0. The lowest BCUT2D eigenvalue weighted by atomic mass is 10.2. The molecule has 0 aromatic heterocycles. The predicted molar refractivity (Wildman–Crippen MR) is 77.6 cm³/mol. The summed E-state index contributed by atoms with van der Waals surface area (Å²) in [4.78, 5) is 4.70. The van der Waals surface area contributed by atoms with Crippen molar-refractivity contribution in [3.05, 3.63) is 24.3 Å². The van der Waals surface area contributed by atoms with E-state index in [-0.39, 0.29) is 5.75 Å². The lowest BCUT2D eigenvalue weighted by Crippen LogP contribution is -2.38. The Kier molecular flexibility index (Phi) is 3.58. The minimum Gasteiger partial charge on any atom is -0.508 e. The van der Waals surface area contributed by atoms with Crippen molar-refractivity contribution in [1.29, 1.82) is 0 Å². The zero-order valence-electron chi connectivity index (χ0n) is 11.1. The van der Waals surface area contributed by atoms with Crippen LogP contribution in [0.15, 0.2) is 29.3 Å². The molecule has 0 heterocycles. The zero-order chi connectivity index (χ0) is 13.1. The maximum atomic E-state index is 9.30. The van der Waals surface area contributed by atoms with Gasteiger partial charge in [-0.3, -0.25) is 0 Å². The third-order valence-electron chi connectivity index (χ3n) is 3.68. The molecule has 0 unspecified atom stereocenters. The molecular formula is C15H21N3O. The molecule has 0 spiro atoms. The molecule has 2 aliphatic carbocycles. The van der Waals surface area contributed by atoms with Crippen molar-refractivity contribution in [2.75, 3.05) is 5.32 Å². The third-order valence-corrected chi connectivity index (χ3v) is 3.68. The van der Waals surface area contributed by atoms with Gasteiger partial charge in [0.25, 0.3) is 0 Å². The van der Waals surface area contributed by atoms with E-state index in [1.165, 1.54) is 38.5 Å².